The number of nitrogens with one attached hydrogen (secondary N) is 3. The van der Waals surface area contributed by atoms with Gasteiger partial charge in [0.1, 0.15) is 17.6 Å². The van der Waals surface area contributed by atoms with Gasteiger partial charge < -0.3 is 20.9 Å². The van der Waals surface area contributed by atoms with Gasteiger partial charge in [-0.15, -0.1) is 5.10 Å². The number of rotatable bonds is 12. The van der Waals surface area contributed by atoms with Crippen LogP contribution in [0.1, 0.15) is 48.3 Å². The van der Waals surface area contributed by atoms with Crippen LogP contribution in [-0.2, 0) is 6.54 Å². The number of hydrogen-bond acceptors (Lipinski definition) is 8. The van der Waals surface area contributed by atoms with Gasteiger partial charge >= 0.3 is 0 Å². The van der Waals surface area contributed by atoms with E-state index in [-0.39, 0.29) is 17.1 Å². The zero-order valence-corrected chi connectivity index (χ0v) is 27.0. The normalized spacial score (nSPS) is 12.1. The number of nitriles is 1. The molecule has 2 aromatic heterocycles. The minimum absolute atomic E-state index is 0.0373. The lowest BCUT2D eigenvalue weighted by Gasteiger charge is -2.21. The maximum atomic E-state index is 13.9. The number of aromatic nitrogens is 4. The molecule has 0 aliphatic rings. The molecule has 0 unspecified atom stereocenters. The summed E-state index contributed by atoms with van der Waals surface area (Å²) < 4.78 is 15.7. The van der Waals surface area contributed by atoms with Crippen molar-refractivity contribution >= 4 is 51.2 Å². The van der Waals surface area contributed by atoms with E-state index < -0.39 is 5.82 Å². The molecule has 0 radical (unpaired) electrons. The van der Waals surface area contributed by atoms with Gasteiger partial charge in [0.05, 0.1) is 39.1 Å². The van der Waals surface area contributed by atoms with Gasteiger partial charge in [-0.2, -0.15) is 5.26 Å². The summed E-state index contributed by atoms with van der Waals surface area (Å²) in [7, 11) is 4.10. The molecule has 12 heteroatoms. The number of likely N-dealkylation sites (N-methyl/N-ethyl adjacent to an activating group) is 1. The van der Waals surface area contributed by atoms with Crippen LogP contribution in [0.15, 0.2) is 67.0 Å². The van der Waals surface area contributed by atoms with Crippen LogP contribution in [0, 0.1) is 17.1 Å². The molecule has 3 N–H and O–H groups in total. The third kappa shape index (κ3) is 7.70. The van der Waals surface area contributed by atoms with Gasteiger partial charge in [0, 0.05) is 48.6 Å². The van der Waals surface area contributed by atoms with E-state index in [4.69, 9.17) is 23.2 Å². The van der Waals surface area contributed by atoms with Crippen molar-refractivity contribution in [3.63, 3.8) is 0 Å². The fraction of sp³-hybridized carbons (Fsp3) is 0.273. The van der Waals surface area contributed by atoms with E-state index in [2.05, 4.69) is 74.5 Å². The first-order valence-electron chi connectivity index (χ1n) is 14.5. The van der Waals surface area contributed by atoms with Crippen LogP contribution in [0.2, 0.25) is 10.0 Å². The number of nitrogens with zero attached hydrogens (tertiary/aromatic N) is 6. The first kappa shape index (κ1) is 32.1. The second-order valence-corrected chi connectivity index (χ2v) is 12.1. The van der Waals surface area contributed by atoms with Crippen LogP contribution >= 0.6 is 23.2 Å². The minimum atomic E-state index is -0.536. The van der Waals surface area contributed by atoms with Crippen LogP contribution in [0.25, 0.3) is 10.9 Å². The lowest BCUT2D eigenvalue weighted by atomic mass is 10.0. The monoisotopic (exact) mass is 645 g/mol. The highest BCUT2D eigenvalue weighted by Crippen LogP contribution is 2.37. The molecule has 45 heavy (non-hydrogen) atoms. The molecular formula is C33H34Cl2FN9. The molecule has 232 valence electrons. The summed E-state index contributed by atoms with van der Waals surface area (Å²) >= 11 is 12.8. The van der Waals surface area contributed by atoms with E-state index >= 15 is 0 Å². The Hall–Kier alpha value is -4.27. The number of anilines is 3. The number of fused-ring (bicyclic) bond motifs is 1. The average Bonchev–Trinajstić information content (AvgIpc) is 3.51. The highest BCUT2D eigenvalue weighted by atomic mass is 35.5. The summed E-state index contributed by atoms with van der Waals surface area (Å²) in [5, 5.41) is 30.1. The lowest BCUT2D eigenvalue weighted by molar-refractivity contribution is 0.400. The van der Waals surface area contributed by atoms with Crippen LogP contribution in [0.4, 0.5) is 21.5 Å². The average molecular weight is 647 g/mol. The highest BCUT2D eigenvalue weighted by Gasteiger charge is 2.21. The Kier molecular flexibility index (Phi) is 10.2. The fourth-order valence-electron chi connectivity index (χ4n) is 4.87. The molecule has 5 rings (SSSR count). The molecule has 3 aromatic carbocycles. The van der Waals surface area contributed by atoms with Crippen molar-refractivity contribution in [2.24, 2.45) is 0 Å². The van der Waals surface area contributed by atoms with Crippen molar-refractivity contribution in [1.82, 2.24) is 30.2 Å². The summed E-state index contributed by atoms with van der Waals surface area (Å²) in [6, 6.07) is 18.2. The molecule has 0 spiro atoms. The van der Waals surface area contributed by atoms with Crippen LogP contribution in [-0.4, -0.2) is 52.1 Å². The van der Waals surface area contributed by atoms with Gasteiger partial charge in [-0.05, 0) is 69.4 Å². The molecule has 0 saturated carbocycles. The topological polar surface area (TPSA) is 107 Å². The van der Waals surface area contributed by atoms with Crippen LogP contribution in [0.3, 0.4) is 0 Å². The van der Waals surface area contributed by atoms with Crippen LogP contribution < -0.4 is 16.0 Å². The number of pyridine rings is 1. The summed E-state index contributed by atoms with van der Waals surface area (Å²) in [5.41, 5.74) is 5.34. The van der Waals surface area contributed by atoms with E-state index in [1.807, 2.05) is 36.9 Å². The number of halogens is 3. The Bertz CT molecular complexity index is 1850. The van der Waals surface area contributed by atoms with Crippen molar-refractivity contribution in [2.45, 2.75) is 32.5 Å². The number of benzene rings is 3. The predicted octanol–water partition coefficient (Wildman–Crippen LogP) is 7.32. The molecule has 2 heterocycles. The van der Waals surface area contributed by atoms with E-state index in [9.17, 15) is 9.65 Å². The van der Waals surface area contributed by atoms with Gasteiger partial charge in [-0.25, -0.2) is 9.07 Å². The summed E-state index contributed by atoms with van der Waals surface area (Å²) in [6.07, 6.45) is 3.40. The van der Waals surface area contributed by atoms with Gasteiger partial charge in [0.2, 0.25) is 0 Å². The Morgan fingerprint density at radius 3 is 2.56 bits per heavy atom. The molecule has 1 atom stereocenters. The molecule has 0 saturated heterocycles. The molecule has 0 bridgehead atoms. The maximum Gasteiger partial charge on any atom is 0.141 e. The Balaban J connectivity index is 1.55. The van der Waals surface area contributed by atoms with Crippen molar-refractivity contribution < 1.29 is 4.39 Å². The zero-order valence-electron chi connectivity index (χ0n) is 25.4. The van der Waals surface area contributed by atoms with Gasteiger partial charge in [-0.1, -0.05) is 52.7 Å². The van der Waals surface area contributed by atoms with Gasteiger partial charge in [-0.3, -0.25) is 4.98 Å². The van der Waals surface area contributed by atoms with Crippen molar-refractivity contribution in [2.75, 3.05) is 37.8 Å². The Morgan fingerprint density at radius 2 is 1.84 bits per heavy atom. The van der Waals surface area contributed by atoms with Gasteiger partial charge in [0.15, 0.2) is 0 Å². The van der Waals surface area contributed by atoms with E-state index in [1.54, 1.807) is 12.1 Å². The summed E-state index contributed by atoms with van der Waals surface area (Å²) in [5.74, 6) is -0.536. The Labute approximate surface area is 272 Å². The number of hydrogen-bond donors (Lipinski definition) is 3. The second kappa shape index (κ2) is 14.2. The quantitative estimate of drug-likeness (QED) is 0.121. The van der Waals surface area contributed by atoms with Crippen LogP contribution in [0.5, 0.6) is 0 Å². The van der Waals surface area contributed by atoms with Crippen molar-refractivity contribution in [3.05, 3.63) is 105 Å². The second-order valence-electron chi connectivity index (χ2n) is 11.3. The molecule has 9 nitrogen and oxygen atoms in total. The van der Waals surface area contributed by atoms with E-state index in [0.29, 0.717) is 38.6 Å². The zero-order chi connectivity index (χ0) is 32.1. The summed E-state index contributed by atoms with van der Waals surface area (Å²) in [6.45, 7) is 6.63. The van der Waals surface area contributed by atoms with E-state index in [0.717, 1.165) is 36.5 Å². The third-order valence-electron chi connectivity index (χ3n) is 7.25. The molecule has 5 aromatic rings. The van der Waals surface area contributed by atoms with Crippen molar-refractivity contribution in [3.8, 4) is 6.07 Å². The first-order chi connectivity index (χ1) is 21.6. The first-order valence-corrected chi connectivity index (χ1v) is 15.3. The standard InChI is InChI=1S/C33H34Cl2FN9/c1-20(2)45-19-30(42-43-45)32(22-7-5-6-21(12-22)17-38-10-11-44(3)4)41-25-13-26-31(40-24-8-9-29(36)27(34)14-24)23(16-37)18-39-33(26)28(35)15-25/h5-9,12-15,18-20,32,38,41H,10-11,17H2,1-4H3,(H,39,40)/t32-/m0/s1. The SMILES string of the molecule is CC(C)n1cc([C@@H](Nc2cc(Cl)c3ncc(C#N)c(Nc4ccc(F)c(Cl)c4)c3c2)c2cccc(CNCCN(C)C)c2)nn1. The fourth-order valence-corrected chi connectivity index (χ4v) is 5.32. The maximum absolute atomic E-state index is 13.9. The molecular weight excluding hydrogens is 612 g/mol. The lowest BCUT2D eigenvalue weighted by Crippen LogP contribution is -2.26. The molecule has 0 aliphatic heterocycles. The van der Waals surface area contributed by atoms with Crippen molar-refractivity contribution in [1.29, 1.82) is 5.26 Å². The highest BCUT2D eigenvalue weighted by molar-refractivity contribution is 6.36. The Morgan fingerprint density at radius 1 is 1.04 bits per heavy atom. The van der Waals surface area contributed by atoms with Gasteiger partial charge in [0.25, 0.3) is 0 Å². The molecule has 0 amide bonds. The molecule has 0 fully saturated rings. The third-order valence-corrected chi connectivity index (χ3v) is 7.83. The minimum Gasteiger partial charge on any atom is -0.373 e. The largest absolute Gasteiger partial charge is 0.373 e. The molecule has 0 aliphatic carbocycles. The van der Waals surface area contributed by atoms with E-state index in [1.165, 1.54) is 18.3 Å². The smallest absolute Gasteiger partial charge is 0.141 e. The predicted molar refractivity (Wildman–Crippen MR) is 179 cm³/mol. The summed E-state index contributed by atoms with van der Waals surface area (Å²) in [4.78, 5) is 6.60.